The van der Waals surface area contributed by atoms with E-state index in [4.69, 9.17) is 4.42 Å². The molecule has 148 valence electrons. The average molecular weight is 420 g/mol. The van der Waals surface area contributed by atoms with Gasteiger partial charge in [-0.15, -0.1) is 0 Å². The van der Waals surface area contributed by atoms with Crippen molar-refractivity contribution in [1.82, 2.24) is 9.62 Å². The minimum atomic E-state index is -4.51. The molecule has 0 unspecified atom stereocenters. The average Bonchev–Trinajstić information content (AvgIpc) is 3.16. The highest BCUT2D eigenvalue weighted by Gasteiger charge is 2.31. The molecule has 0 bridgehead atoms. The molecule has 1 fully saturated rings. The van der Waals surface area contributed by atoms with Gasteiger partial charge in [0.15, 0.2) is 0 Å². The number of sulfonamides is 1. The van der Waals surface area contributed by atoms with Crippen molar-refractivity contribution in [3.63, 3.8) is 0 Å². The van der Waals surface area contributed by atoms with Gasteiger partial charge < -0.3 is 4.42 Å². The molecule has 0 spiro atoms. The van der Waals surface area contributed by atoms with Gasteiger partial charge in [0.25, 0.3) is 0 Å². The second kappa shape index (κ2) is 8.26. The van der Waals surface area contributed by atoms with E-state index in [0.717, 1.165) is 54.4 Å². The lowest BCUT2D eigenvalue weighted by Gasteiger charge is -2.33. The topological polar surface area (TPSA) is 62.6 Å². The summed E-state index contributed by atoms with van der Waals surface area (Å²) in [7, 11) is -3.93. The molecule has 0 amide bonds. The van der Waals surface area contributed by atoms with Gasteiger partial charge in [-0.3, -0.25) is 4.90 Å². The smallest absolute Gasteiger partial charge is 0.416 e. The molecule has 2 heterocycles. The molecule has 1 aromatic heterocycles. The van der Waals surface area contributed by atoms with Crippen LogP contribution in [0.4, 0.5) is 13.2 Å². The van der Waals surface area contributed by atoms with Crippen LogP contribution in [-0.2, 0) is 16.2 Å². The Morgan fingerprint density at radius 2 is 1.81 bits per heavy atom. The van der Waals surface area contributed by atoms with Crippen LogP contribution in [0.25, 0.3) is 0 Å². The molecule has 2 aromatic rings. The van der Waals surface area contributed by atoms with E-state index in [1.807, 2.05) is 11.8 Å². The molecule has 1 atom stereocenters. The van der Waals surface area contributed by atoms with Crippen LogP contribution in [0.3, 0.4) is 0 Å². The minimum absolute atomic E-state index is 0.105. The number of thioether (sulfide) groups is 1. The Labute approximate surface area is 160 Å². The van der Waals surface area contributed by atoms with Crippen LogP contribution in [0.1, 0.15) is 17.2 Å². The lowest BCUT2D eigenvalue weighted by atomic mass is 10.1. The monoisotopic (exact) mass is 420 g/mol. The summed E-state index contributed by atoms with van der Waals surface area (Å²) >= 11 is 1.84. The third kappa shape index (κ3) is 5.07. The molecule has 0 radical (unpaired) electrons. The van der Waals surface area contributed by atoms with E-state index in [-0.39, 0.29) is 17.5 Å². The first-order chi connectivity index (χ1) is 12.8. The van der Waals surface area contributed by atoms with E-state index >= 15 is 0 Å². The Hall–Kier alpha value is -1.49. The Balaban J connectivity index is 1.73. The standard InChI is InChI=1S/C17H19F3N2O3S2/c18-17(19,20)14-1-3-15(4-2-14)27(23,24)21-11-16(13-5-8-25-12-13)22-6-9-26-10-7-22/h1-5,8,12,16,21H,6-7,9-11H2/t16-/m1/s1. The first kappa shape index (κ1) is 20.2. The Kier molecular flexibility index (Phi) is 6.19. The van der Waals surface area contributed by atoms with Crippen molar-refractivity contribution in [3.05, 3.63) is 54.0 Å². The van der Waals surface area contributed by atoms with Gasteiger partial charge in [0.1, 0.15) is 0 Å². The van der Waals surface area contributed by atoms with Crippen LogP contribution in [0.2, 0.25) is 0 Å². The number of nitrogens with zero attached hydrogens (tertiary/aromatic N) is 1. The summed E-state index contributed by atoms with van der Waals surface area (Å²) in [5.41, 5.74) is -0.0273. The zero-order chi connectivity index (χ0) is 19.5. The van der Waals surface area contributed by atoms with Gasteiger partial charge in [0.05, 0.1) is 29.0 Å². The molecule has 0 aliphatic carbocycles. The number of benzene rings is 1. The first-order valence-corrected chi connectivity index (χ1v) is 10.9. The molecule has 0 saturated carbocycles. The zero-order valence-electron chi connectivity index (χ0n) is 14.3. The van der Waals surface area contributed by atoms with Crippen molar-refractivity contribution in [2.75, 3.05) is 31.1 Å². The van der Waals surface area contributed by atoms with Gasteiger partial charge in [-0.1, -0.05) is 0 Å². The summed E-state index contributed by atoms with van der Waals surface area (Å²) in [6.07, 6.45) is -1.39. The maximum atomic E-state index is 12.7. The van der Waals surface area contributed by atoms with Crippen molar-refractivity contribution in [2.45, 2.75) is 17.1 Å². The number of hydrogen-bond acceptors (Lipinski definition) is 5. The normalized spacial score (nSPS) is 17.7. The fourth-order valence-electron chi connectivity index (χ4n) is 2.91. The Morgan fingerprint density at radius 3 is 2.37 bits per heavy atom. The second-order valence-corrected chi connectivity index (χ2v) is 9.09. The fourth-order valence-corrected chi connectivity index (χ4v) is 4.88. The second-order valence-electron chi connectivity index (χ2n) is 6.09. The van der Waals surface area contributed by atoms with Crippen LogP contribution in [-0.4, -0.2) is 44.5 Å². The lowest BCUT2D eigenvalue weighted by Crippen LogP contribution is -2.41. The molecular weight excluding hydrogens is 401 g/mol. The number of nitrogens with one attached hydrogen (secondary N) is 1. The molecule has 1 aromatic carbocycles. The third-order valence-corrected chi connectivity index (χ3v) is 6.76. The summed E-state index contributed by atoms with van der Waals surface area (Å²) in [4.78, 5) is 1.98. The third-order valence-electron chi connectivity index (χ3n) is 4.37. The summed E-state index contributed by atoms with van der Waals surface area (Å²) in [6.45, 7) is 1.75. The van der Waals surface area contributed by atoms with Gasteiger partial charge in [0.2, 0.25) is 10.0 Å². The van der Waals surface area contributed by atoms with E-state index < -0.39 is 21.8 Å². The quantitative estimate of drug-likeness (QED) is 0.777. The van der Waals surface area contributed by atoms with Gasteiger partial charge in [-0.25, -0.2) is 13.1 Å². The minimum Gasteiger partial charge on any atom is -0.472 e. The summed E-state index contributed by atoms with van der Waals surface area (Å²) in [6, 6.07) is 5.06. The number of hydrogen-bond donors (Lipinski definition) is 1. The van der Waals surface area contributed by atoms with Gasteiger partial charge in [0, 0.05) is 36.7 Å². The maximum Gasteiger partial charge on any atom is 0.416 e. The summed E-state index contributed by atoms with van der Waals surface area (Å²) < 4.78 is 70.6. The highest BCUT2D eigenvalue weighted by atomic mass is 32.2. The molecule has 5 nitrogen and oxygen atoms in total. The number of rotatable bonds is 6. The van der Waals surface area contributed by atoms with E-state index in [9.17, 15) is 21.6 Å². The van der Waals surface area contributed by atoms with Crippen molar-refractivity contribution in [1.29, 1.82) is 0 Å². The van der Waals surface area contributed by atoms with Crippen molar-refractivity contribution < 1.29 is 26.0 Å². The molecule has 1 N–H and O–H groups in total. The summed E-state index contributed by atoms with van der Waals surface area (Å²) in [5, 5.41) is 0. The zero-order valence-corrected chi connectivity index (χ0v) is 15.9. The van der Waals surface area contributed by atoms with E-state index in [0.29, 0.717) is 0 Å². The van der Waals surface area contributed by atoms with Crippen molar-refractivity contribution >= 4 is 21.8 Å². The van der Waals surface area contributed by atoms with Crippen LogP contribution in [0, 0.1) is 0 Å². The van der Waals surface area contributed by atoms with Crippen LogP contribution in [0.15, 0.2) is 52.2 Å². The van der Waals surface area contributed by atoms with Gasteiger partial charge in [-0.2, -0.15) is 24.9 Å². The molecular formula is C17H19F3N2O3S2. The molecule has 27 heavy (non-hydrogen) atoms. The molecule has 1 aliphatic rings. The lowest BCUT2D eigenvalue weighted by molar-refractivity contribution is -0.137. The first-order valence-electron chi connectivity index (χ1n) is 8.28. The molecule has 1 saturated heterocycles. The molecule has 10 heteroatoms. The maximum absolute atomic E-state index is 12.7. The number of alkyl halides is 3. The largest absolute Gasteiger partial charge is 0.472 e. The van der Waals surface area contributed by atoms with E-state index in [1.165, 1.54) is 6.26 Å². The van der Waals surface area contributed by atoms with Crippen LogP contribution in [0.5, 0.6) is 0 Å². The molecule has 1 aliphatic heterocycles. The van der Waals surface area contributed by atoms with Crippen molar-refractivity contribution in [3.8, 4) is 0 Å². The SMILES string of the molecule is O=S(=O)(NC[C@H](c1ccoc1)N1CCSCC1)c1ccc(C(F)(F)F)cc1. The summed E-state index contributed by atoms with van der Waals surface area (Å²) in [5.74, 6) is 1.92. The van der Waals surface area contributed by atoms with E-state index in [2.05, 4.69) is 9.62 Å². The fraction of sp³-hybridized carbons (Fsp3) is 0.412. The highest BCUT2D eigenvalue weighted by molar-refractivity contribution is 7.99. The van der Waals surface area contributed by atoms with Gasteiger partial charge in [-0.05, 0) is 30.3 Å². The Bertz CT molecular complexity index is 831. The Morgan fingerprint density at radius 1 is 1.15 bits per heavy atom. The predicted octanol–water partition coefficient (Wildman–Crippen LogP) is 3.37. The predicted molar refractivity (Wildman–Crippen MR) is 97.0 cm³/mol. The van der Waals surface area contributed by atoms with Crippen LogP contribution < -0.4 is 4.72 Å². The van der Waals surface area contributed by atoms with Crippen molar-refractivity contribution in [2.24, 2.45) is 0 Å². The molecule has 3 rings (SSSR count). The van der Waals surface area contributed by atoms with E-state index in [1.54, 1.807) is 12.3 Å². The van der Waals surface area contributed by atoms with Gasteiger partial charge >= 0.3 is 6.18 Å². The highest BCUT2D eigenvalue weighted by Crippen LogP contribution is 2.30. The number of furan rings is 1. The number of halogens is 3. The van der Waals surface area contributed by atoms with Crippen LogP contribution >= 0.6 is 11.8 Å².